The number of benzene rings is 1. The van der Waals surface area contributed by atoms with Crippen molar-refractivity contribution in [3.63, 3.8) is 0 Å². The third-order valence-corrected chi connectivity index (χ3v) is 2.60. The number of hydrogen-bond acceptors (Lipinski definition) is 3. The Labute approximate surface area is 118 Å². The lowest BCUT2D eigenvalue weighted by Gasteiger charge is -2.10. The van der Waals surface area contributed by atoms with E-state index in [4.69, 9.17) is 9.84 Å². The lowest BCUT2D eigenvalue weighted by molar-refractivity contribution is -0.131. The van der Waals surface area contributed by atoms with Gasteiger partial charge >= 0.3 is 5.97 Å². The minimum atomic E-state index is -0.991. The third kappa shape index (κ3) is 6.15. The standard InChI is InChI=1S/C15H19NO4/c1-11(10-20-2)9-14(17)16-13-6-3-12(4-7-13)5-8-15(18)19/h3-8,11H,9-10H2,1-2H3,(H,16,17)(H,18,19)/b8-5+. The molecule has 0 aliphatic carbocycles. The quantitative estimate of drug-likeness (QED) is 0.750. The van der Waals surface area contributed by atoms with Gasteiger partial charge in [0.1, 0.15) is 0 Å². The highest BCUT2D eigenvalue weighted by Gasteiger charge is 2.08. The van der Waals surface area contributed by atoms with Crippen LogP contribution in [0.1, 0.15) is 18.9 Å². The summed E-state index contributed by atoms with van der Waals surface area (Å²) in [4.78, 5) is 22.1. The minimum Gasteiger partial charge on any atom is -0.478 e. The zero-order valence-electron chi connectivity index (χ0n) is 11.6. The summed E-state index contributed by atoms with van der Waals surface area (Å²) >= 11 is 0. The molecule has 0 aliphatic heterocycles. The number of hydrogen-bond donors (Lipinski definition) is 2. The molecule has 2 N–H and O–H groups in total. The molecule has 1 aromatic carbocycles. The van der Waals surface area contributed by atoms with E-state index in [2.05, 4.69) is 5.32 Å². The topological polar surface area (TPSA) is 75.6 Å². The summed E-state index contributed by atoms with van der Waals surface area (Å²) in [7, 11) is 1.61. The fraction of sp³-hybridized carbons (Fsp3) is 0.333. The van der Waals surface area contributed by atoms with Gasteiger partial charge in [0.15, 0.2) is 0 Å². The number of carbonyl (C=O) groups excluding carboxylic acids is 1. The number of carbonyl (C=O) groups is 2. The van der Waals surface area contributed by atoms with Gasteiger partial charge in [-0.3, -0.25) is 4.79 Å². The number of carboxylic acid groups (broad SMARTS) is 1. The maximum atomic E-state index is 11.7. The van der Waals surface area contributed by atoms with E-state index in [0.717, 1.165) is 11.6 Å². The average Bonchev–Trinajstić information content (AvgIpc) is 2.37. The molecule has 108 valence electrons. The molecule has 0 saturated heterocycles. The molecule has 0 bridgehead atoms. The Morgan fingerprint density at radius 2 is 2.00 bits per heavy atom. The first kappa shape index (κ1) is 15.9. The SMILES string of the molecule is COCC(C)CC(=O)Nc1ccc(/C=C/C(=O)O)cc1. The van der Waals surface area contributed by atoms with Gasteiger partial charge in [0.2, 0.25) is 5.91 Å². The lowest BCUT2D eigenvalue weighted by atomic mass is 10.1. The van der Waals surface area contributed by atoms with Crippen LogP contribution in [0.4, 0.5) is 5.69 Å². The van der Waals surface area contributed by atoms with Crippen molar-refractivity contribution in [2.24, 2.45) is 5.92 Å². The Morgan fingerprint density at radius 3 is 2.55 bits per heavy atom. The van der Waals surface area contributed by atoms with Gasteiger partial charge in [0.05, 0.1) is 0 Å². The van der Waals surface area contributed by atoms with Crippen molar-refractivity contribution in [2.45, 2.75) is 13.3 Å². The van der Waals surface area contributed by atoms with E-state index in [1.54, 1.807) is 31.4 Å². The molecule has 0 fully saturated rings. The Balaban J connectivity index is 2.52. The van der Waals surface area contributed by atoms with Crippen LogP contribution in [-0.4, -0.2) is 30.7 Å². The largest absolute Gasteiger partial charge is 0.478 e. The van der Waals surface area contributed by atoms with Gasteiger partial charge in [-0.2, -0.15) is 0 Å². The first-order valence-electron chi connectivity index (χ1n) is 6.31. The van der Waals surface area contributed by atoms with Gasteiger partial charge in [0, 0.05) is 31.9 Å². The van der Waals surface area contributed by atoms with Crippen molar-refractivity contribution < 1.29 is 19.4 Å². The molecule has 5 heteroatoms. The molecule has 5 nitrogen and oxygen atoms in total. The molecule has 1 unspecified atom stereocenters. The van der Waals surface area contributed by atoms with Crippen LogP contribution in [0.5, 0.6) is 0 Å². The van der Waals surface area contributed by atoms with Crippen LogP contribution >= 0.6 is 0 Å². The second-order valence-electron chi connectivity index (χ2n) is 4.61. The van der Waals surface area contributed by atoms with Crippen LogP contribution in [0.15, 0.2) is 30.3 Å². The zero-order chi connectivity index (χ0) is 15.0. The molecule has 20 heavy (non-hydrogen) atoms. The van der Waals surface area contributed by atoms with E-state index in [-0.39, 0.29) is 11.8 Å². The van der Waals surface area contributed by atoms with Crippen molar-refractivity contribution in [1.29, 1.82) is 0 Å². The van der Waals surface area contributed by atoms with Crippen molar-refractivity contribution in [3.8, 4) is 0 Å². The van der Waals surface area contributed by atoms with Gasteiger partial charge < -0.3 is 15.2 Å². The summed E-state index contributed by atoms with van der Waals surface area (Å²) in [5, 5.41) is 11.3. The van der Waals surface area contributed by atoms with E-state index in [1.807, 2.05) is 6.92 Å². The average molecular weight is 277 g/mol. The number of amides is 1. The van der Waals surface area contributed by atoms with E-state index >= 15 is 0 Å². The maximum Gasteiger partial charge on any atom is 0.328 e. The van der Waals surface area contributed by atoms with E-state index in [0.29, 0.717) is 18.7 Å². The first-order chi connectivity index (χ1) is 9.51. The van der Waals surface area contributed by atoms with Crippen LogP contribution in [-0.2, 0) is 14.3 Å². The molecule has 0 saturated carbocycles. The van der Waals surface area contributed by atoms with Gasteiger partial charge in [-0.1, -0.05) is 19.1 Å². The van der Waals surface area contributed by atoms with E-state index in [1.165, 1.54) is 6.08 Å². The molecule has 0 heterocycles. The van der Waals surface area contributed by atoms with Crippen molar-refractivity contribution >= 4 is 23.6 Å². The van der Waals surface area contributed by atoms with Crippen molar-refractivity contribution in [2.75, 3.05) is 19.0 Å². The van der Waals surface area contributed by atoms with Crippen LogP contribution in [0.2, 0.25) is 0 Å². The number of nitrogens with one attached hydrogen (secondary N) is 1. The summed E-state index contributed by atoms with van der Waals surface area (Å²) in [6.45, 7) is 2.50. The molecular weight excluding hydrogens is 258 g/mol. The zero-order valence-corrected chi connectivity index (χ0v) is 11.6. The Morgan fingerprint density at radius 1 is 1.35 bits per heavy atom. The molecule has 1 amide bonds. The van der Waals surface area contributed by atoms with Gasteiger partial charge in [-0.15, -0.1) is 0 Å². The first-order valence-corrected chi connectivity index (χ1v) is 6.31. The van der Waals surface area contributed by atoms with Crippen LogP contribution in [0.3, 0.4) is 0 Å². The van der Waals surface area contributed by atoms with Crippen molar-refractivity contribution in [3.05, 3.63) is 35.9 Å². The highest BCUT2D eigenvalue weighted by Crippen LogP contribution is 2.12. The fourth-order valence-electron chi connectivity index (χ4n) is 1.72. The predicted octanol–water partition coefficient (Wildman–Crippen LogP) is 2.40. The van der Waals surface area contributed by atoms with Crippen LogP contribution < -0.4 is 5.32 Å². The summed E-state index contributed by atoms with van der Waals surface area (Å²) in [6.07, 6.45) is 2.96. The summed E-state index contributed by atoms with van der Waals surface area (Å²) in [5.41, 5.74) is 1.45. The van der Waals surface area contributed by atoms with E-state index in [9.17, 15) is 9.59 Å². The molecule has 1 aromatic rings. The second kappa shape index (κ2) is 8.12. The molecule has 0 aromatic heterocycles. The fourth-order valence-corrected chi connectivity index (χ4v) is 1.72. The smallest absolute Gasteiger partial charge is 0.328 e. The summed E-state index contributed by atoms with van der Waals surface area (Å²) in [6, 6.07) is 6.96. The van der Waals surface area contributed by atoms with Crippen molar-refractivity contribution in [1.82, 2.24) is 0 Å². The second-order valence-corrected chi connectivity index (χ2v) is 4.61. The van der Waals surface area contributed by atoms with E-state index < -0.39 is 5.97 Å². The Bertz CT molecular complexity index is 479. The van der Waals surface area contributed by atoms with Gasteiger partial charge in [0.25, 0.3) is 0 Å². The molecule has 0 aliphatic rings. The summed E-state index contributed by atoms with van der Waals surface area (Å²) in [5.74, 6) is -0.893. The van der Waals surface area contributed by atoms with Gasteiger partial charge in [-0.25, -0.2) is 4.79 Å². The Hall–Kier alpha value is -2.14. The number of aliphatic carboxylic acids is 1. The lowest BCUT2D eigenvalue weighted by Crippen LogP contribution is -2.17. The predicted molar refractivity (Wildman–Crippen MR) is 77.4 cm³/mol. The molecule has 1 rings (SSSR count). The van der Waals surface area contributed by atoms with Gasteiger partial charge in [-0.05, 0) is 29.7 Å². The molecule has 0 spiro atoms. The monoisotopic (exact) mass is 277 g/mol. The normalized spacial score (nSPS) is 12.3. The summed E-state index contributed by atoms with van der Waals surface area (Å²) < 4.78 is 4.98. The maximum absolute atomic E-state index is 11.7. The number of anilines is 1. The highest BCUT2D eigenvalue weighted by molar-refractivity contribution is 5.91. The third-order valence-electron chi connectivity index (χ3n) is 2.60. The number of ether oxygens (including phenoxy) is 1. The van der Waals surface area contributed by atoms with Crippen LogP contribution in [0, 0.1) is 5.92 Å². The number of carboxylic acids is 1. The Kier molecular flexibility index (Phi) is 6.46. The molecule has 0 radical (unpaired) electrons. The molecule has 1 atom stereocenters. The van der Waals surface area contributed by atoms with Crippen LogP contribution in [0.25, 0.3) is 6.08 Å². The number of rotatable bonds is 7. The molecular formula is C15H19NO4. The number of methoxy groups -OCH3 is 1. The minimum absolute atomic E-state index is 0.0663. The highest BCUT2D eigenvalue weighted by atomic mass is 16.5.